The zero-order valence-corrected chi connectivity index (χ0v) is 12.3. The molecule has 1 aromatic carbocycles. The van der Waals surface area contributed by atoms with Crippen molar-refractivity contribution >= 4 is 17.4 Å². The van der Waals surface area contributed by atoms with Gasteiger partial charge in [0.25, 0.3) is 0 Å². The summed E-state index contributed by atoms with van der Waals surface area (Å²) in [6.07, 6.45) is 2.09. The van der Waals surface area contributed by atoms with E-state index in [1.807, 2.05) is 43.3 Å². The third kappa shape index (κ3) is 4.21. The van der Waals surface area contributed by atoms with Crippen LogP contribution >= 0.6 is 0 Å². The quantitative estimate of drug-likeness (QED) is 0.818. The SMILES string of the molecule is CN(C)c1ncccc1CNC(=O)Cc1ccc(N)cc1. The van der Waals surface area contributed by atoms with Crippen LogP contribution in [0.15, 0.2) is 42.6 Å². The van der Waals surface area contributed by atoms with E-state index in [9.17, 15) is 4.79 Å². The van der Waals surface area contributed by atoms with Crippen LogP contribution in [0.4, 0.5) is 11.5 Å². The van der Waals surface area contributed by atoms with Gasteiger partial charge in [0.1, 0.15) is 5.82 Å². The van der Waals surface area contributed by atoms with E-state index in [2.05, 4.69) is 10.3 Å². The van der Waals surface area contributed by atoms with Crippen molar-refractivity contribution < 1.29 is 4.79 Å². The number of rotatable bonds is 5. The van der Waals surface area contributed by atoms with Crippen LogP contribution in [-0.2, 0) is 17.8 Å². The van der Waals surface area contributed by atoms with Crippen LogP contribution in [0.5, 0.6) is 0 Å². The van der Waals surface area contributed by atoms with Crippen molar-refractivity contribution in [1.29, 1.82) is 0 Å². The van der Waals surface area contributed by atoms with Crippen molar-refractivity contribution in [3.05, 3.63) is 53.7 Å². The Morgan fingerprint density at radius 2 is 1.95 bits per heavy atom. The van der Waals surface area contributed by atoms with Crippen LogP contribution in [0, 0.1) is 0 Å². The monoisotopic (exact) mass is 284 g/mol. The molecule has 110 valence electrons. The van der Waals surface area contributed by atoms with Gasteiger partial charge in [-0.25, -0.2) is 4.98 Å². The summed E-state index contributed by atoms with van der Waals surface area (Å²) in [5, 5.41) is 2.92. The topological polar surface area (TPSA) is 71.2 Å². The lowest BCUT2D eigenvalue weighted by molar-refractivity contribution is -0.120. The maximum Gasteiger partial charge on any atom is 0.224 e. The second-order valence-corrected chi connectivity index (χ2v) is 5.08. The van der Waals surface area contributed by atoms with Gasteiger partial charge in [-0.3, -0.25) is 4.79 Å². The number of hydrogen-bond donors (Lipinski definition) is 2. The third-order valence-corrected chi connectivity index (χ3v) is 3.11. The first kappa shape index (κ1) is 14.8. The molecule has 5 nitrogen and oxygen atoms in total. The van der Waals surface area contributed by atoms with E-state index in [0.717, 1.165) is 16.9 Å². The summed E-state index contributed by atoms with van der Waals surface area (Å²) in [5.41, 5.74) is 8.26. The first-order valence-corrected chi connectivity index (χ1v) is 6.78. The van der Waals surface area contributed by atoms with Gasteiger partial charge in [-0.1, -0.05) is 18.2 Å². The number of pyridine rings is 1. The number of carbonyl (C=O) groups excluding carboxylic acids is 1. The number of anilines is 2. The van der Waals surface area contributed by atoms with Gasteiger partial charge in [-0.2, -0.15) is 0 Å². The molecular formula is C16H20N4O. The first-order valence-electron chi connectivity index (χ1n) is 6.78. The molecule has 0 saturated heterocycles. The van der Waals surface area contributed by atoms with Gasteiger partial charge in [0.2, 0.25) is 5.91 Å². The third-order valence-electron chi connectivity index (χ3n) is 3.11. The fourth-order valence-electron chi connectivity index (χ4n) is 2.05. The van der Waals surface area contributed by atoms with Crippen molar-refractivity contribution in [1.82, 2.24) is 10.3 Å². The number of nitrogens with zero attached hydrogens (tertiary/aromatic N) is 2. The minimum atomic E-state index is -0.0201. The molecule has 0 bridgehead atoms. The lowest BCUT2D eigenvalue weighted by Gasteiger charge is -2.16. The van der Waals surface area contributed by atoms with Crippen LogP contribution in [-0.4, -0.2) is 25.0 Å². The Kier molecular flexibility index (Phi) is 4.77. The molecule has 0 aliphatic rings. The van der Waals surface area contributed by atoms with Crippen molar-refractivity contribution in [3.8, 4) is 0 Å². The van der Waals surface area contributed by atoms with E-state index in [4.69, 9.17) is 5.73 Å². The average molecular weight is 284 g/mol. The summed E-state index contributed by atoms with van der Waals surface area (Å²) >= 11 is 0. The molecule has 5 heteroatoms. The number of hydrogen-bond acceptors (Lipinski definition) is 4. The predicted molar refractivity (Wildman–Crippen MR) is 85.0 cm³/mol. The normalized spacial score (nSPS) is 10.2. The molecule has 0 radical (unpaired) electrons. The van der Waals surface area contributed by atoms with Crippen LogP contribution in [0.2, 0.25) is 0 Å². The smallest absolute Gasteiger partial charge is 0.224 e. The number of nitrogens with one attached hydrogen (secondary N) is 1. The maximum atomic E-state index is 12.0. The van der Waals surface area contributed by atoms with E-state index in [-0.39, 0.29) is 5.91 Å². The van der Waals surface area contributed by atoms with E-state index < -0.39 is 0 Å². The van der Waals surface area contributed by atoms with E-state index >= 15 is 0 Å². The number of nitrogen functional groups attached to an aromatic ring is 1. The molecule has 0 saturated carbocycles. The Morgan fingerprint density at radius 3 is 2.62 bits per heavy atom. The second kappa shape index (κ2) is 6.74. The highest BCUT2D eigenvalue weighted by Crippen LogP contribution is 2.14. The van der Waals surface area contributed by atoms with Gasteiger partial charge in [0.15, 0.2) is 0 Å². The molecule has 21 heavy (non-hydrogen) atoms. The summed E-state index contributed by atoms with van der Waals surface area (Å²) in [5.74, 6) is 0.846. The standard InChI is InChI=1S/C16H20N4O/c1-20(2)16-13(4-3-9-18-16)11-19-15(21)10-12-5-7-14(17)8-6-12/h3-9H,10-11,17H2,1-2H3,(H,19,21). The van der Waals surface area contributed by atoms with Gasteiger partial charge in [0.05, 0.1) is 6.42 Å². The summed E-state index contributed by atoms with van der Waals surface area (Å²) in [7, 11) is 3.87. The van der Waals surface area contributed by atoms with E-state index in [1.165, 1.54) is 0 Å². The number of aromatic nitrogens is 1. The second-order valence-electron chi connectivity index (χ2n) is 5.08. The summed E-state index contributed by atoms with van der Waals surface area (Å²) < 4.78 is 0. The highest BCUT2D eigenvalue weighted by molar-refractivity contribution is 5.78. The highest BCUT2D eigenvalue weighted by atomic mass is 16.1. The molecule has 1 aromatic heterocycles. The molecule has 0 aliphatic carbocycles. The molecule has 3 N–H and O–H groups in total. The van der Waals surface area contributed by atoms with E-state index in [0.29, 0.717) is 18.7 Å². The lowest BCUT2D eigenvalue weighted by Crippen LogP contribution is -2.26. The van der Waals surface area contributed by atoms with Crippen LogP contribution in [0.3, 0.4) is 0 Å². The van der Waals surface area contributed by atoms with Gasteiger partial charge in [0, 0.05) is 38.1 Å². The van der Waals surface area contributed by atoms with Crippen LogP contribution in [0.1, 0.15) is 11.1 Å². The van der Waals surface area contributed by atoms with Gasteiger partial charge in [-0.05, 0) is 23.8 Å². The summed E-state index contributed by atoms with van der Waals surface area (Å²) in [6.45, 7) is 0.467. The largest absolute Gasteiger partial charge is 0.399 e. The number of benzene rings is 1. The fraction of sp³-hybridized carbons (Fsp3) is 0.250. The van der Waals surface area contributed by atoms with Gasteiger partial charge >= 0.3 is 0 Å². The minimum Gasteiger partial charge on any atom is -0.399 e. The van der Waals surface area contributed by atoms with E-state index in [1.54, 1.807) is 18.3 Å². The molecule has 1 heterocycles. The molecular weight excluding hydrogens is 264 g/mol. The summed E-state index contributed by atoms with van der Waals surface area (Å²) in [6, 6.07) is 11.2. The molecule has 0 fully saturated rings. The van der Waals surface area contributed by atoms with Crippen molar-refractivity contribution in [2.75, 3.05) is 24.7 Å². The molecule has 0 atom stereocenters. The molecule has 2 rings (SSSR count). The zero-order chi connectivity index (χ0) is 15.2. The Hall–Kier alpha value is -2.56. The van der Waals surface area contributed by atoms with Crippen LogP contribution < -0.4 is 16.0 Å². The average Bonchev–Trinajstić information content (AvgIpc) is 2.48. The number of amides is 1. The lowest BCUT2D eigenvalue weighted by atomic mass is 10.1. The van der Waals surface area contributed by atoms with Gasteiger partial charge in [-0.15, -0.1) is 0 Å². The van der Waals surface area contributed by atoms with Gasteiger partial charge < -0.3 is 16.0 Å². The number of nitrogens with two attached hydrogens (primary N) is 1. The van der Waals surface area contributed by atoms with Crippen LogP contribution in [0.25, 0.3) is 0 Å². The zero-order valence-electron chi connectivity index (χ0n) is 12.3. The Bertz CT molecular complexity index is 608. The van der Waals surface area contributed by atoms with Crippen molar-refractivity contribution in [3.63, 3.8) is 0 Å². The highest BCUT2D eigenvalue weighted by Gasteiger charge is 2.08. The molecule has 2 aromatic rings. The molecule has 1 amide bonds. The minimum absolute atomic E-state index is 0.0201. The predicted octanol–water partition coefficient (Wildman–Crippen LogP) is 1.59. The molecule has 0 spiro atoms. The molecule has 0 unspecified atom stereocenters. The Morgan fingerprint density at radius 1 is 1.24 bits per heavy atom. The first-order chi connectivity index (χ1) is 10.1. The Labute approximate surface area is 124 Å². The number of carbonyl (C=O) groups is 1. The molecule has 0 aliphatic heterocycles. The fourth-order valence-corrected chi connectivity index (χ4v) is 2.05. The van der Waals surface area contributed by atoms with Crippen molar-refractivity contribution in [2.45, 2.75) is 13.0 Å². The van der Waals surface area contributed by atoms with Crippen molar-refractivity contribution in [2.24, 2.45) is 0 Å². The maximum absolute atomic E-state index is 12.0. The Balaban J connectivity index is 1.94. The summed E-state index contributed by atoms with van der Waals surface area (Å²) in [4.78, 5) is 18.2.